The van der Waals surface area contributed by atoms with E-state index in [4.69, 9.17) is 0 Å². The van der Waals surface area contributed by atoms with Gasteiger partial charge < -0.3 is 9.47 Å². The molecule has 1 aliphatic heterocycles. The number of hydrogen-bond donors (Lipinski definition) is 0. The first-order valence-corrected chi connectivity index (χ1v) is 9.79. The molecule has 1 saturated heterocycles. The predicted molar refractivity (Wildman–Crippen MR) is 101 cm³/mol. The van der Waals surface area contributed by atoms with Gasteiger partial charge in [-0.05, 0) is 25.2 Å². The van der Waals surface area contributed by atoms with Gasteiger partial charge in [0.05, 0.1) is 5.75 Å². The van der Waals surface area contributed by atoms with Crippen LogP contribution >= 0.6 is 11.8 Å². The second-order valence-electron chi connectivity index (χ2n) is 7.26. The van der Waals surface area contributed by atoms with Crippen molar-refractivity contribution < 1.29 is 4.79 Å². The van der Waals surface area contributed by atoms with Crippen molar-refractivity contribution in [2.24, 2.45) is 18.9 Å². The molecular weight excluding hydrogens is 332 g/mol. The lowest BCUT2D eigenvalue weighted by Gasteiger charge is -2.34. The van der Waals surface area contributed by atoms with Crippen LogP contribution in [0.4, 0.5) is 0 Å². The van der Waals surface area contributed by atoms with E-state index in [1.807, 2.05) is 16.5 Å². The molecule has 6 heteroatoms. The first-order chi connectivity index (χ1) is 11.9. The lowest BCUT2D eigenvalue weighted by atomic mass is 9.92. The monoisotopic (exact) mass is 358 g/mol. The van der Waals surface area contributed by atoms with Crippen LogP contribution in [0.15, 0.2) is 29.4 Å². The molecule has 0 aliphatic carbocycles. The fourth-order valence-electron chi connectivity index (χ4n) is 3.48. The predicted octanol–water partition coefficient (Wildman–Crippen LogP) is 3.39. The number of hydrogen-bond acceptors (Lipinski definition) is 4. The van der Waals surface area contributed by atoms with E-state index in [2.05, 4.69) is 55.2 Å². The van der Waals surface area contributed by atoms with Crippen LogP contribution in [0, 0.1) is 18.8 Å². The topological polar surface area (TPSA) is 51.0 Å². The second kappa shape index (κ2) is 7.60. The van der Waals surface area contributed by atoms with Crippen molar-refractivity contribution in [3.8, 4) is 11.4 Å². The number of amides is 1. The zero-order chi connectivity index (χ0) is 18.0. The van der Waals surface area contributed by atoms with Gasteiger partial charge in [0, 0.05) is 25.7 Å². The largest absolute Gasteiger partial charge is 0.341 e. The van der Waals surface area contributed by atoms with Crippen LogP contribution in [0.1, 0.15) is 25.8 Å². The zero-order valence-corrected chi connectivity index (χ0v) is 16.2. The minimum atomic E-state index is 0.197. The molecule has 1 aromatic heterocycles. The maximum absolute atomic E-state index is 12.5. The Morgan fingerprint density at radius 2 is 1.80 bits per heavy atom. The molecule has 1 aromatic carbocycles. The minimum absolute atomic E-state index is 0.197. The van der Waals surface area contributed by atoms with E-state index in [1.165, 1.54) is 23.7 Å². The summed E-state index contributed by atoms with van der Waals surface area (Å²) in [5.41, 5.74) is 2.26. The van der Waals surface area contributed by atoms with Gasteiger partial charge in [-0.1, -0.05) is 55.4 Å². The number of rotatable bonds is 4. The smallest absolute Gasteiger partial charge is 0.233 e. The van der Waals surface area contributed by atoms with E-state index in [0.717, 1.165) is 29.6 Å². The van der Waals surface area contributed by atoms with Crippen molar-refractivity contribution in [2.75, 3.05) is 18.8 Å². The van der Waals surface area contributed by atoms with Gasteiger partial charge in [0.25, 0.3) is 0 Å². The summed E-state index contributed by atoms with van der Waals surface area (Å²) in [6, 6.07) is 8.24. The summed E-state index contributed by atoms with van der Waals surface area (Å²) in [5.74, 6) is 2.61. The highest BCUT2D eigenvalue weighted by atomic mass is 32.2. The third-order valence-electron chi connectivity index (χ3n) is 4.69. The summed E-state index contributed by atoms with van der Waals surface area (Å²) in [5, 5.41) is 9.34. The number of carbonyl (C=O) groups is 1. The van der Waals surface area contributed by atoms with Crippen LogP contribution < -0.4 is 0 Å². The number of nitrogens with zero attached hydrogens (tertiary/aromatic N) is 4. The van der Waals surface area contributed by atoms with Crippen molar-refractivity contribution in [2.45, 2.75) is 32.3 Å². The first-order valence-electron chi connectivity index (χ1n) is 8.81. The maximum atomic E-state index is 12.5. The number of piperidine rings is 1. The molecule has 0 bridgehead atoms. The van der Waals surface area contributed by atoms with Crippen LogP contribution in [-0.2, 0) is 11.8 Å². The van der Waals surface area contributed by atoms with Gasteiger partial charge in [0.1, 0.15) is 0 Å². The fraction of sp³-hybridized carbons (Fsp3) is 0.526. The Hall–Kier alpha value is -1.82. The SMILES string of the molecule is Cc1ccc(-c2nnc(SCC(=O)N3C[C@@H](C)C[C@H](C)C3)n2C)cc1. The van der Waals surface area contributed by atoms with E-state index >= 15 is 0 Å². The zero-order valence-electron chi connectivity index (χ0n) is 15.4. The molecule has 1 amide bonds. The van der Waals surface area contributed by atoms with Crippen molar-refractivity contribution in [3.63, 3.8) is 0 Å². The van der Waals surface area contributed by atoms with Gasteiger partial charge in [-0.3, -0.25) is 4.79 Å². The van der Waals surface area contributed by atoms with E-state index < -0.39 is 0 Å². The van der Waals surface area contributed by atoms with Gasteiger partial charge in [0.15, 0.2) is 11.0 Å². The Bertz CT molecular complexity index is 730. The van der Waals surface area contributed by atoms with Crippen molar-refractivity contribution in [1.82, 2.24) is 19.7 Å². The lowest BCUT2D eigenvalue weighted by Crippen LogP contribution is -2.43. The first kappa shape index (κ1) is 18.0. The molecule has 2 heterocycles. The third kappa shape index (κ3) is 4.24. The number of carbonyl (C=O) groups excluding carboxylic acids is 1. The van der Waals surface area contributed by atoms with Gasteiger partial charge in [0.2, 0.25) is 5.91 Å². The standard InChI is InChI=1S/C19H26N4OS/c1-13-5-7-16(8-6-13)18-20-21-19(22(18)4)25-12-17(24)23-10-14(2)9-15(3)11-23/h5-8,14-15H,9-12H2,1-4H3/t14-,15-/m0/s1. The Kier molecular flexibility index (Phi) is 5.47. The quantitative estimate of drug-likeness (QED) is 0.786. The van der Waals surface area contributed by atoms with Gasteiger partial charge in [-0.25, -0.2) is 0 Å². The van der Waals surface area contributed by atoms with E-state index in [1.54, 1.807) is 0 Å². The molecule has 2 aromatic rings. The van der Waals surface area contributed by atoms with Crippen LogP contribution in [0.3, 0.4) is 0 Å². The summed E-state index contributed by atoms with van der Waals surface area (Å²) in [4.78, 5) is 14.5. The summed E-state index contributed by atoms with van der Waals surface area (Å²) in [6.45, 7) is 8.25. The number of thioether (sulfide) groups is 1. The highest BCUT2D eigenvalue weighted by molar-refractivity contribution is 7.99. The van der Waals surface area contributed by atoms with Crippen LogP contribution in [-0.4, -0.2) is 44.4 Å². The average Bonchev–Trinajstić information content (AvgIpc) is 2.93. The summed E-state index contributed by atoms with van der Waals surface area (Å²) in [7, 11) is 1.95. The minimum Gasteiger partial charge on any atom is -0.341 e. The molecule has 134 valence electrons. The second-order valence-corrected chi connectivity index (χ2v) is 8.21. The molecule has 0 radical (unpaired) electrons. The molecule has 0 unspecified atom stereocenters. The molecular formula is C19H26N4OS. The fourth-order valence-corrected chi connectivity index (χ4v) is 4.29. The normalized spacial score (nSPS) is 20.7. The molecule has 3 rings (SSSR count). The molecule has 5 nitrogen and oxygen atoms in total. The highest BCUT2D eigenvalue weighted by Gasteiger charge is 2.25. The maximum Gasteiger partial charge on any atom is 0.233 e. The number of likely N-dealkylation sites (tertiary alicyclic amines) is 1. The summed E-state index contributed by atoms with van der Waals surface area (Å²) >= 11 is 1.47. The highest BCUT2D eigenvalue weighted by Crippen LogP contribution is 2.25. The van der Waals surface area contributed by atoms with Crippen molar-refractivity contribution in [3.05, 3.63) is 29.8 Å². The van der Waals surface area contributed by atoms with E-state index in [9.17, 15) is 4.79 Å². The van der Waals surface area contributed by atoms with Gasteiger partial charge in [-0.2, -0.15) is 0 Å². The number of aromatic nitrogens is 3. The number of aryl methyl sites for hydroxylation is 1. The van der Waals surface area contributed by atoms with Gasteiger partial charge in [-0.15, -0.1) is 10.2 Å². The van der Waals surface area contributed by atoms with Gasteiger partial charge >= 0.3 is 0 Å². The van der Waals surface area contributed by atoms with Crippen molar-refractivity contribution in [1.29, 1.82) is 0 Å². The molecule has 2 atom stereocenters. The Morgan fingerprint density at radius 1 is 1.16 bits per heavy atom. The summed E-state index contributed by atoms with van der Waals surface area (Å²) < 4.78 is 1.96. The third-order valence-corrected chi connectivity index (χ3v) is 5.70. The molecule has 1 aliphatic rings. The molecule has 0 spiro atoms. The van der Waals surface area contributed by atoms with E-state index in [0.29, 0.717) is 17.6 Å². The van der Waals surface area contributed by atoms with Crippen LogP contribution in [0.5, 0.6) is 0 Å². The summed E-state index contributed by atoms with van der Waals surface area (Å²) in [6.07, 6.45) is 1.21. The molecule has 25 heavy (non-hydrogen) atoms. The molecule has 0 saturated carbocycles. The van der Waals surface area contributed by atoms with Crippen LogP contribution in [0.2, 0.25) is 0 Å². The Labute approximate surface area is 153 Å². The van der Waals surface area contributed by atoms with Crippen molar-refractivity contribution >= 4 is 17.7 Å². The molecule has 1 fully saturated rings. The Morgan fingerprint density at radius 3 is 2.44 bits per heavy atom. The lowest BCUT2D eigenvalue weighted by molar-refractivity contribution is -0.130. The Balaban J connectivity index is 1.64. The number of benzene rings is 1. The average molecular weight is 359 g/mol. The van der Waals surface area contributed by atoms with Crippen LogP contribution in [0.25, 0.3) is 11.4 Å². The van der Waals surface area contributed by atoms with E-state index in [-0.39, 0.29) is 5.91 Å². The molecule has 0 N–H and O–H groups in total.